The number of benzene rings is 10. The molecule has 54 heavy (non-hydrogen) atoms. The second kappa shape index (κ2) is 11.2. The molecule has 0 unspecified atom stereocenters. The molecule has 12 rings (SSSR count). The van der Waals surface area contributed by atoms with Crippen LogP contribution < -0.4 is 4.90 Å². The Morgan fingerprint density at radius 2 is 1.00 bits per heavy atom. The predicted molar refractivity (Wildman–Crippen MR) is 230 cm³/mol. The zero-order valence-corrected chi connectivity index (χ0v) is 29.4. The zero-order valence-electron chi connectivity index (χ0n) is 29.4. The summed E-state index contributed by atoms with van der Waals surface area (Å²) in [5.74, 6) is 0. The van der Waals surface area contributed by atoms with Crippen molar-refractivity contribution in [1.29, 1.82) is 0 Å². The van der Waals surface area contributed by atoms with Gasteiger partial charge < -0.3 is 9.47 Å². The molecule has 11 aromatic rings. The molecule has 0 atom stereocenters. The van der Waals surface area contributed by atoms with Crippen LogP contribution in [0.2, 0.25) is 0 Å². The van der Waals surface area contributed by atoms with Crippen LogP contribution in [-0.2, 0) is 0 Å². The standard InChI is InChI=1S/C52H32N2/c1-2-13-35-30-38(24-23-33(35)11-1)54-49-21-8-7-19-44(49)45-28-26-40(32-50(45)54)53(48-22-10-15-34-12-3-5-17-41(34)48)39-25-27-43-46-20-9-16-37-29-36-14-4-6-18-42(36)52(51(37)46)47(43)31-39/h1-32H. The van der Waals surface area contributed by atoms with Crippen molar-refractivity contribution < 1.29 is 0 Å². The number of hydrogen-bond donors (Lipinski definition) is 0. The van der Waals surface area contributed by atoms with Crippen LogP contribution >= 0.6 is 0 Å². The molecule has 1 aromatic heterocycles. The maximum Gasteiger partial charge on any atom is 0.0561 e. The summed E-state index contributed by atoms with van der Waals surface area (Å²) in [6.45, 7) is 0. The molecule has 10 aromatic carbocycles. The largest absolute Gasteiger partial charge is 0.310 e. The Morgan fingerprint density at radius 3 is 1.91 bits per heavy atom. The molecule has 0 spiro atoms. The molecule has 0 saturated heterocycles. The Hall–Kier alpha value is -7.16. The maximum atomic E-state index is 2.47. The first-order chi connectivity index (χ1) is 26.8. The first-order valence-electron chi connectivity index (χ1n) is 18.7. The lowest BCUT2D eigenvalue weighted by Crippen LogP contribution is -2.11. The van der Waals surface area contributed by atoms with E-state index in [1.165, 1.54) is 87.1 Å². The minimum atomic E-state index is 1.11. The summed E-state index contributed by atoms with van der Waals surface area (Å²) in [6, 6.07) is 71.7. The molecule has 0 fully saturated rings. The minimum Gasteiger partial charge on any atom is -0.310 e. The third-order valence-corrected chi connectivity index (χ3v) is 11.6. The van der Waals surface area contributed by atoms with Crippen molar-refractivity contribution in [3.63, 3.8) is 0 Å². The SMILES string of the molecule is c1ccc2cc(-n3c4ccccc4c4ccc(N(c5ccc6c(c5)-c5c7ccccc7cc7cccc-6c57)c5cccc6ccccc56)cc43)ccc2c1. The van der Waals surface area contributed by atoms with Gasteiger partial charge in [0, 0.05) is 33.2 Å². The van der Waals surface area contributed by atoms with Crippen LogP contribution in [0.15, 0.2) is 194 Å². The van der Waals surface area contributed by atoms with Crippen molar-refractivity contribution in [3.05, 3.63) is 194 Å². The summed E-state index contributed by atoms with van der Waals surface area (Å²) in [6.07, 6.45) is 0. The molecule has 0 aliphatic heterocycles. The van der Waals surface area contributed by atoms with Gasteiger partial charge in [-0.3, -0.25) is 0 Å². The molecule has 0 N–H and O–H groups in total. The van der Waals surface area contributed by atoms with Gasteiger partial charge in [0.25, 0.3) is 0 Å². The second-order valence-corrected chi connectivity index (χ2v) is 14.5. The number of para-hydroxylation sites is 1. The Bertz CT molecular complexity index is 3340. The van der Waals surface area contributed by atoms with E-state index in [2.05, 4.69) is 204 Å². The highest BCUT2D eigenvalue weighted by atomic mass is 15.1. The molecule has 1 aliphatic rings. The molecule has 1 aliphatic carbocycles. The Kier molecular flexibility index (Phi) is 6.09. The van der Waals surface area contributed by atoms with Gasteiger partial charge in [-0.25, -0.2) is 0 Å². The van der Waals surface area contributed by atoms with Gasteiger partial charge in [0.1, 0.15) is 0 Å². The van der Waals surface area contributed by atoms with E-state index in [1.54, 1.807) is 0 Å². The van der Waals surface area contributed by atoms with Crippen LogP contribution in [0, 0.1) is 0 Å². The summed E-state index contributed by atoms with van der Waals surface area (Å²) in [7, 11) is 0. The predicted octanol–water partition coefficient (Wildman–Crippen LogP) is 14.5. The molecular formula is C52H32N2. The van der Waals surface area contributed by atoms with Crippen LogP contribution in [-0.4, -0.2) is 4.57 Å². The lowest BCUT2D eigenvalue weighted by Gasteiger charge is -2.28. The lowest BCUT2D eigenvalue weighted by atomic mass is 9.95. The number of nitrogens with zero attached hydrogens (tertiary/aromatic N) is 2. The van der Waals surface area contributed by atoms with Crippen molar-refractivity contribution in [2.24, 2.45) is 0 Å². The van der Waals surface area contributed by atoms with E-state index in [0.29, 0.717) is 0 Å². The van der Waals surface area contributed by atoms with Gasteiger partial charge in [0.2, 0.25) is 0 Å². The third kappa shape index (κ3) is 4.17. The summed E-state index contributed by atoms with van der Waals surface area (Å²) in [4.78, 5) is 2.47. The topological polar surface area (TPSA) is 8.17 Å². The van der Waals surface area contributed by atoms with Crippen molar-refractivity contribution in [3.8, 4) is 27.9 Å². The number of rotatable bonds is 4. The van der Waals surface area contributed by atoms with E-state index in [4.69, 9.17) is 0 Å². The fourth-order valence-corrected chi connectivity index (χ4v) is 9.26. The monoisotopic (exact) mass is 684 g/mol. The van der Waals surface area contributed by atoms with E-state index < -0.39 is 0 Å². The van der Waals surface area contributed by atoms with E-state index >= 15 is 0 Å². The van der Waals surface area contributed by atoms with Crippen molar-refractivity contribution >= 4 is 82.0 Å². The summed E-state index contributed by atoms with van der Waals surface area (Å²) < 4.78 is 2.44. The smallest absolute Gasteiger partial charge is 0.0561 e. The maximum absolute atomic E-state index is 2.47. The highest BCUT2D eigenvalue weighted by Crippen LogP contribution is 2.52. The van der Waals surface area contributed by atoms with E-state index in [9.17, 15) is 0 Å². The fourth-order valence-electron chi connectivity index (χ4n) is 9.26. The van der Waals surface area contributed by atoms with Crippen LogP contribution in [0.1, 0.15) is 0 Å². The molecule has 250 valence electrons. The first-order valence-corrected chi connectivity index (χ1v) is 18.7. The van der Waals surface area contributed by atoms with Crippen LogP contribution in [0.4, 0.5) is 17.1 Å². The Labute approximate surface area is 312 Å². The summed E-state index contributed by atoms with van der Waals surface area (Å²) >= 11 is 0. The molecule has 2 nitrogen and oxygen atoms in total. The van der Waals surface area contributed by atoms with Crippen LogP contribution in [0.25, 0.3) is 92.8 Å². The van der Waals surface area contributed by atoms with Gasteiger partial charge in [-0.15, -0.1) is 0 Å². The number of hydrogen-bond acceptors (Lipinski definition) is 1. The number of aromatic nitrogens is 1. The van der Waals surface area contributed by atoms with Crippen molar-refractivity contribution in [1.82, 2.24) is 4.57 Å². The van der Waals surface area contributed by atoms with E-state index in [1.807, 2.05) is 0 Å². The van der Waals surface area contributed by atoms with Crippen LogP contribution in [0.3, 0.4) is 0 Å². The third-order valence-electron chi connectivity index (χ3n) is 11.6. The summed E-state index contributed by atoms with van der Waals surface area (Å²) in [5, 5.41) is 12.6. The number of fused-ring (bicyclic) bond motifs is 10. The fraction of sp³-hybridized carbons (Fsp3) is 0. The number of anilines is 3. The molecule has 0 saturated carbocycles. The molecule has 1 heterocycles. The summed E-state index contributed by atoms with van der Waals surface area (Å²) in [5.41, 5.74) is 12.2. The minimum absolute atomic E-state index is 1.11. The first kappa shape index (κ1) is 29.4. The molecule has 0 bridgehead atoms. The second-order valence-electron chi connectivity index (χ2n) is 14.5. The zero-order chi connectivity index (χ0) is 35.3. The van der Waals surface area contributed by atoms with E-state index in [-0.39, 0.29) is 0 Å². The molecular weight excluding hydrogens is 653 g/mol. The lowest BCUT2D eigenvalue weighted by molar-refractivity contribution is 1.18. The van der Waals surface area contributed by atoms with Crippen molar-refractivity contribution in [2.75, 3.05) is 4.90 Å². The quantitative estimate of drug-likeness (QED) is 0.168. The molecule has 0 radical (unpaired) electrons. The Morgan fingerprint density at radius 1 is 0.333 bits per heavy atom. The normalized spacial score (nSPS) is 12.1. The van der Waals surface area contributed by atoms with Gasteiger partial charge in [-0.2, -0.15) is 0 Å². The van der Waals surface area contributed by atoms with E-state index in [0.717, 1.165) is 22.7 Å². The van der Waals surface area contributed by atoms with Gasteiger partial charge >= 0.3 is 0 Å². The molecule has 2 heteroatoms. The average molecular weight is 685 g/mol. The highest BCUT2D eigenvalue weighted by Gasteiger charge is 2.26. The van der Waals surface area contributed by atoms with Crippen molar-refractivity contribution in [2.45, 2.75) is 0 Å². The average Bonchev–Trinajstić information content (AvgIpc) is 3.74. The highest BCUT2D eigenvalue weighted by molar-refractivity contribution is 6.24. The van der Waals surface area contributed by atoms with Gasteiger partial charge in [0.15, 0.2) is 0 Å². The Balaban J connectivity index is 1.14. The van der Waals surface area contributed by atoms with Gasteiger partial charge in [0.05, 0.1) is 16.7 Å². The van der Waals surface area contributed by atoms with Crippen LogP contribution in [0.5, 0.6) is 0 Å². The van der Waals surface area contributed by atoms with Gasteiger partial charge in [-0.05, 0) is 115 Å². The molecule has 0 amide bonds. The van der Waals surface area contributed by atoms with Gasteiger partial charge in [-0.1, -0.05) is 140 Å².